The molecule has 0 saturated heterocycles. The lowest BCUT2D eigenvalue weighted by Gasteiger charge is -1.98. The van der Waals surface area contributed by atoms with Gasteiger partial charge in [-0.1, -0.05) is 0 Å². The Morgan fingerprint density at radius 3 is 2.89 bits per heavy atom. The van der Waals surface area contributed by atoms with E-state index in [1.54, 1.807) is 6.20 Å². The molecule has 1 rings (SSSR count). The quantitative estimate of drug-likeness (QED) is 0.411. The highest BCUT2D eigenvalue weighted by atomic mass is 15.3. The standard InChI is InChI=1S/C5H8N4/c1-4-2-3-7-9-5(4)8-6/h2-3H,6H2,1H3,(H,8,9). The largest absolute Gasteiger partial charge is 0.307 e. The average Bonchev–Trinajstić information content (AvgIpc) is 1.89. The first-order chi connectivity index (χ1) is 4.34. The first-order valence-electron chi connectivity index (χ1n) is 2.59. The van der Waals surface area contributed by atoms with Crippen LogP contribution in [0.1, 0.15) is 5.56 Å². The molecule has 0 saturated carbocycles. The molecule has 4 nitrogen and oxygen atoms in total. The van der Waals surface area contributed by atoms with Gasteiger partial charge in [-0.3, -0.25) is 0 Å². The Labute approximate surface area is 53.1 Å². The highest BCUT2D eigenvalue weighted by Gasteiger charge is 1.92. The van der Waals surface area contributed by atoms with Crippen molar-refractivity contribution in [3.8, 4) is 0 Å². The van der Waals surface area contributed by atoms with Crippen molar-refractivity contribution in [2.75, 3.05) is 5.43 Å². The van der Waals surface area contributed by atoms with Crippen molar-refractivity contribution in [3.63, 3.8) is 0 Å². The van der Waals surface area contributed by atoms with Crippen LogP contribution in [0, 0.1) is 6.92 Å². The summed E-state index contributed by atoms with van der Waals surface area (Å²) in [6, 6.07) is 1.84. The Hall–Kier alpha value is -1.16. The average molecular weight is 124 g/mol. The number of rotatable bonds is 1. The molecule has 48 valence electrons. The van der Waals surface area contributed by atoms with Gasteiger partial charge >= 0.3 is 0 Å². The first kappa shape index (κ1) is 5.97. The van der Waals surface area contributed by atoms with Gasteiger partial charge in [0.2, 0.25) is 0 Å². The molecule has 0 fully saturated rings. The second-order valence-corrected chi connectivity index (χ2v) is 1.71. The van der Waals surface area contributed by atoms with E-state index in [4.69, 9.17) is 5.84 Å². The van der Waals surface area contributed by atoms with E-state index >= 15 is 0 Å². The molecule has 3 N–H and O–H groups in total. The summed E-state index contributed by atoms with van der Waals surface area (Å²) >= 11 is 0. The SMILES string of the molecule is Cc1ccnnc1NN. The lowest BCUT2D eigenvalue weighted by Crippen LogP contribution is -2.10. The summed E-state index contributed by atoms with van der Waals surface area (Å²) in [6.45, 7) is 1.91. The number of nitrogens with two attached hydrogens (primary N) is 1. The number of aromatic nitrogens is 2. The van der Waals surface area contributed by atoms with E-state index < -0.39 is 0 Å². The summed E-state index contributed by atoms with van der Waals surface area (Å²) in [5, 5.41) is 7.33. The fraction of sp³-hybridized carbons (Fsp3) is 0.200. The Kier molecular flexibility index (Phi) is 1.60. The molecule has 1 aromatic rings. The Morgan fingerprint density at radius 1 is 1.67 bits per heavy atom. The zero-order valence-electron chi connectivity index (χ0n) is 5.13. The Morgan fingerprint density at radius 2 is 2.44 bits per heavy atom. The van der Waals surface area contributed by atoms with Crippen LogP contribution in [0.4, 0.5) is 5.82 Å². The smallest absolute Gasteiger partial charge is 0.165 e. The fourth-order valence-corrected chi connectivity index (χ4v) is 0.537. The van der Waals surface area contributed by atoms with Gasteiger partial charge in [-0.05, 0) is 18.6 Å². The maximum absolute atomic E-state index is 5.10. The zero-order valence-corrected chi connectivity index (χ0v) is 5.13. The van der Waals surface area contributed by atoms with E-state index in [2.05, 4.69) is 15.6 Å². The molecule has 0 unspecified atom stereocenters. The number of hydrazine groups is 1. The van der Waals surface area contributed by atoms with Gasteiger partial charge in [0.15, 0.2) is 5.82 Å². The number of hydrogen-bond donors (Lipinski definition) is 2. The van der Waals surface area contributed by atoms with Crippen molar-refractivity contribution < 1.29 is 0 Å². The molecule has 0 spiro atoms. The van der Waals surface area contributed by atoms with Gasteiger partial charge in [0.1, 0.15) is 0 Å². The van der Waals surface area contributed by atoms with E-state index in [1.165, 1.54) is 0 Å². The van der Waals surface area contributed by atoms with Crippen molar-refractivity contribution in [2.45, 2.75) is 6.92 Å². The van der Waals surface area contributed by atoms with E-state index in [-0.39, 0.29) is 0 Å². The lowest BCUT2D eigenvalue weighted by atomic mass is 10.3. The lowest BCUT2D eigenvalue weighted by molar-refractivity contribution is 1.00. The molecule has 0 aliphatic heterocycles. The Bertz CT molecular complexity index is 198. The van der Waals surface area contributed by atoms with Gasteiger partial charge in [0.25, 0.3) is 0 Å². The summed E-state index contributed by atoms with van der Waals surface area (Å²) in [4.78, 5) is 0. The first-order valence-corrected chi connectivity index (χ1v) is 2.59. The van der Waals surface area contributed by atoms with Crippen molar-refractivity contribution in [1.82, 2.24) is 10.2 Å². The van der Waals surface area contributed by atoms with E-state index in [0.29, 0.717) is 5.82 Å². The molecular weight excluding hydrogens is 116 g/mol. The van der Waals surface area contributed by atoms with Crippen LogP contribution >= 0.6 is 0 Å². The molecule has 0 radical (unpaired) electrons. The van der Waals surface area contributed by atoms with Crippen molar-refractivity contribution >= 4 is 5.82 Å². The Balaban J connectivity index is 3.01. The van der Waals surface area contributed by atoms with Crippen LogP contribution in [-0.4, -0.2) is 10.2 Å². The van der Waals surface area contributed by atoms with Gasteiger partial charge in [0.05, 0.1) is 6.20 Å². The van der Waals surface area contributed by atoms with E-state index in [0.717, 1.165) is 5.56 Å². The molecule has 0 aromatic carbocycles. The third-order valence-corrected chi connectivity index (χ3v) is 1.06. The minimum atomic E-state index is 0.623. The summed E-state index contributed by atoms with van der Waals surface area (Å²) in [5.41, 5.74) is 3.41. The van der Waals surface area contributed by atoms with Crippen LogP contribution in [0.2, 0.25) is 0 Å². The molecule has 1 heterocycles. The van der Waals surface area contributed by atoms with Crippen LogP contribution in [0.25, 0.3) is 0 Å². The maximum atomic E-state index is 5.10. The fourth-order valence-electron chi connectivity index (χ4n) is 0.537. The van der Waals surface area contributed by atoms with Gasteiger partial charge in [0, 0.05) is 0 Å². The molecule has 0 bridgehead atoms. The number of anilines is 1. The van der Waals surface area contributed by atoms with Gasteiger partial charge in [-0.25, -0.2) is 5.84 Å². The number of hydrogen-bond acceptors (Lipinski definition) is 4. The minimum absolute atomic E-state index is 0.623. The molecule has 1 aromatic heterocycles. The molecule has 0 amide bonds. The van der Waals surface area contributed by atoms with Crippen LogP contribution in [0.15, 0.2) is 12.3 Å². The summed E-state index contributed by atoms with van der Waals surface area (Å²) in [5.74, 6) is 5.72. The molecule has 4 heteroatoms. The highest BCUT2D eigenvalue weighted by Crippen LogP contribution is 2.03. The van der Waals surface area contributed by atoms with Crippen LogP contribution in [0.5, 0.6) is 0 Å². The summed E-state index contributed by atoms with van der Waals surface area (Å²) < 4.78 is 0. The number of nitrogens with zero attached hydrogens (tertiary/aromatic N) is 2. The van der Waals surface area contributed by atoms with Crippen LogP contribution in [0.3, 0.4) is 0 Å². The van der Waals surface area contributed by atoms with Crippen LogP contribution in [-0.2, 0) is 0 Å². The second-order valence-electron chi connectivity index (χ2n) is 1.71. The summed E-state index contributed by atoms with van der Waals surface area (Å²) in [6.07, 6.45) is 1.62. The van der Waals surface area contributed by atoms with Gasteiger partial charge in [-0.15, -0.1) is 5.10 Å². The predicted octanol–water partition coefficient (Wildman–Crippen LogP) is 0.0706. The third-order valence-electron chi connectivity index (χ3n) is 1.06. The molecule has 0 atom stereocenters. The highest BCUT2D eigenvalue weighted by molar-refractivity contribution is 5.39. The topological polar surface area (TPSA) is 63.8 Å². The van der Waals surface area contributed by atoms with Crippen molar-refractivity contribution in [2.24, 2.45) is 5.84 Å². The molecule has 0 aliphatic carbocycles. The normalized spacial score (nSPS) is 9.11. The molecule has 9 heavy (non-hydrogen) atoms. The second kappa shape index (κ2) is 2.41. The zero-order chi connectivity index (χ0) is 6.69. The van der Waals surface area contributed by atoms with E-state index in [1.807, 2.05) is 13.0 Å². The number of nitrogens with one attached hydrogen (secondary N) is 1. The van der Waals surface area contributed by atoms with Crippen molar-refractivity contribution in [3.05, 3.63) is 17.8 Å². The molecule has 0 aliphatic rings. The summed E-state index contributed by atoms with van der Waals surface area (Å²) in [7, 11) is 0. The maximum Gasteiger partial charge on any atom is 0.165 e. The number of nitrogen functional groups attached to an aromatic ring is 1. The van der Waals surface area contributed by atoms with Crippen molar-refractivity contribution in [1.29, 1.82) is 0 Å². The monoisotopic (exact) mass is 124 g/mol. The predicted molar refractivity (Wildman–Crippen MR) is 34.6 cm³/mol. The van der Waals surface area contributed by atoms with E-state index in [9.17, 15) is 0 Å². The van der Waals surface area contributed by atoms with Crippen LogP contribution < -0.4 is 11.3 Å². The minimum Gasteiger partial charge on any atom is -0.307 e. The number of aryl methyl sites for hydroxylation is 1. The molecular formula is C5H8N4. The third kappa shape index (κ3) is 1.14. The van der Waals surface area contributed by atoms with Gasteiger partial charge in [-0.2, -0.15) is 5.10 Å². The van der Waals surface area contributed by atoms with Gasteiger partial charge < -0.3 is 5.43 Å².